The number of carbonyl (C=O) groups excluding carboxylic acids is 1. The first kappa shape index (κ1) is 14.9. The lowest BCUT2D eigenvalue weighted by molar-refractivity contribution is -0.144. The van der Waals surface area contributed by atoms with E-state index >= 15 is 0 Å². The van der Waals surface area contributed by atoms with Crippen molar-refractivity contribution in [2.45, 2.75) is 33.7 Å². The zero-order valence-electron chi connectivity index (χ0n) is 10.6. The molecule has 16 heavy (non-hydrogen) atoms. The van der Waals surface area contributed by atoms with E-state index in [4.69, 9.17) is 5.11 Å². The third kappa shape index (κ3) is 4.18. The van der Waals surface area contributed by atoms with Gasteiger partial charge in [-0.2, -0.15) is 0 Å². The minimum absolute atomic E-state index is 0.0492. The molecule has 0 saturated carbocycles. The van der Waals surface area contributed by atoms with Crippen LogP contribution in [-0.4, -0.2) is 36.6 Å². The maximum atomic E-state index is 11.5. The van der Waals surface area contributed by atoms with Crippen LogP contribution in [0.1, 0.15) is 27.7 Å². The maximum absolute atomic E-state index is 11.5. The molecule has 0 spiro atoms. The van der Waals surface area contributed by atoms with Gasteiger partial charge in [-0.25, -0.2) is 4.79 Å². The highest BCUT2D eigenvalue weighted by Crippen LogP contribution is 2.24. The van der Waals surface area contributed by atoms with Gasteiger partial charge in [0, 0.05) is 6.54 Å². The fraction of sp³-hybridized carbons (Fsp3) is 0.818. The van der Waals surface area contributed by atoms with Crippen molar-refractivity contribution in [2.75, 3.05) is 13.6 Å². The van der Waals surface area contributed by atoms with Crippen molar-refractivity contribution >= 4 is 11.9 Å². The molecule has 0 aliphatic heterocycles. The number of rotatable bonds is 6. The Kier molecular flexibility index (Phi) is 5.44. The van der Waals surface area contributed by atoms with Gasteiger partial charge in [-0.15, -0.1) is 0 Å². The lowest BCUT2D eigenvalue weighted by Crippen LogP contribution is -2.50. The summed E-state index contributed by atoms with van der Waals surface area (Å²) in [4.78, 5) is 22.2. The first-order valence-electron chi connectivity index (χ1n) is 5.40. The second kappa shape index (κ2) is 5.84. The largest absolute Gasteiger partial charge is 0.480 e. The molecule has 0 aromatic heterocycles. The molecule has 0 fully saturated rings. The van der Waals surface area contributed by atoms with Crippen LogP contribution >= 0.6 is 0 Å². The molecule has 5 nitrogen and oxygen atoms in total. The summed E-state index contributed by atoms with van der Waals surface area (Å²) in [5.41, 5.74) is -0.0492. The SMILES string of the molecule is CNC(C(=O)O)C(=O)NCC(C)(C)C(C)C. The summed E-state index contributed by atoms with van der Waals surface area (Å²) in [5.74, 6) is -1.25. The van der Waals surface area contributed by atoms with Gasteiger partial charge in [0.1, 0.15) is 0 Å². The zero-order valence-corrected chi connectivity index (χ0v) is 10.6. The van der Waals surface area contributed by atoms with E-state index in [0.29, 0.717) is 12.5 Å². The van der Waals surface area contributed by atoms with E-state index in [1.807, 2.05) is 13.8 Å². The lowest BCUT2D eigenvalue weighted by atomic mass is 9.81. The standard InChI is InChI=1S/C11H22N2O3/c1-7(2)11(3,4)6-13-9(14)8(12-5)10(15)16/h7-8,12H,6H2,1-5H3,(H,13,14)(H,15,16). The summed E-state index contributed by atoms with van der Waals surface area (Å²) in [7, 11) is 1.45. The Morgan fingerprint density at radius 1 is 1.31 bits per heavy atom. The molecule has 5 heteroatoms. The molecule has 0 aromatic rings. The molecule has 94 valence electrons. The topological polar surface area (TPSA) is 78.4 Å². The van der Waals surface area contributed by atoms with E-state index < -0.39 is 17.9 Å². The first-order valence-corrected chi connectivity index (χ1v) is 5.40. The number of nitrogens with one attached hydrogen (secondary N) is 2. The predicted octanol–water partition coefficient (Wildman–Crippen LogP) is 0.457. The van der Waals surface area contributed by atoms with Crippen LogP contribution in [0, 0.1) is 11.3 Å². The Balaban J connectivity index is 4.31. The van der Waals surface area contributed by atoms with Crippen LogP contribution < -0.4 is 10.6 Å². The monoisotopic (exact) mass is 230 g/mol. The van der Waals surface area contributed by atoms with Crippen molar-refractivity contribution in [3.63, 3.8) is 0 Å². The Morgan fingerprint density at radius 3 is 2.12 bits per heavy atom. The molecule has 0 aliphatic rings. The fourth-order valence-electron chi connectivity index (χ4n) is 0.988. The lowest BCUT2D eigenvalue weighted by Gasteiger charge is -2.29. The molecule has 0 radical (unpaired) electrons. The number of likely N-dealkylation sites (N-methyl/N-ethyl adjacent to an activating group) is 1. The normalized spacial score (nSPS) is 13.6. The van der Waals surface area contributed by atoms with Gasteiger partial charge in [-0.3, -0.25) is 10.1 Å². The van der Waals surface area contributed by atoms with Crippen molar-refractivity contribution in [2.24, 2.45) is 11.3 Å². The molecule has 0 aromatic carbocycles. The average molecular weight is 230 g/mol. The second-order valence-corrected chi connectivity index (χ2v) is 4.92. The number of carbonyl (C=O) groups is 2. The van der Waals surface area contributed by atoms with Gasteiger partial charge in [0.15, 0.2) is 6.04 Å². The predicted molar refractivity (Wildman–Crippen MR) is 62.1 cm³/mol. The van der Waals surface area contributed by atoms with Crippen LogP contribution in [0.2, 0.25) is 0 Å². The summed E-state index contributed by atoms with van der Waals surface area (Å²) < 4.78 is 0. The zero-order chi connectivity index (χ0) is 12.9. The number of hydrogen-bond donors (Lipinski definition) is 3. The maximum Gasteiger partial charge on any atom is 0.330 e. The van der Waals surface area contributed by atoms with Crippen molar-refractivity contribution < 1.29 is 14.7 Å². The van der Waals surface area contributed by atoms with Crippen molar-refractivity contribution in [3.8, 4) is 0 Å². The number of hydrogen-bond acceptors (Lipinski definition) is 3. The van der Waals surface area contributed by atoms with Gasteiger partial charge in [-0.1, -0.05) is 27.7 Å². The third-order valence-electron chi connectivity index (χ3n) is 3.08. The molecule has 0 saturated heterocycles. The van der Waals surface area contributed by atoms with Crippen LogP contribution in [0.5, 0.6) is 0 Å². The van der Waals surface area contributed by atoms with Crippen molar-refractivity contribution in [3.05, 3.63) is 0 Å². The summed E-state index contributed by atoms with van der Waals surface area (Å²) in [6.45, 7) is 8.67. The quantitative estimate of drug-likeness (QED) is 0.579. The van der Waals surface area contributed by atoms with Crippen LogP contribution in [0.3, 0.4) is 0 Å². The average Bonchev–Trinajstić information content (AvgIpc) is 2.15. The molecule has 1 unspecified atom stereocenters. The molecule has 1 amide bonds. The van der Waals surface area contributed by atoms with E-state index in [0.717, 1.165) is 0 Å². The van der Waals surface area contributed by atoms with Crippen LogP contribution in [0.15, 0.2) is 0 Å². The van der Waals surface area contributed by atoms with E-state index in [-0.39, 0.29) is 5.41 Å². The van der Waals surface area contributed by atoms with E-state index in [1.54, 1.807) is 0 Å². The summed E-state index contributed by atoms with van der Waals surface area (Å²) >= 11 is 0. The van der Waals surface area contributed by atoms with Gasteiger partial charge in [-0.05, 0) is 18.4 Å². The van der Waals surface area contributed by atoms with Gasteiger partial charge in [0.2, 0.25) is 5.91 Å². The van der Waals surface area contributed by atoms with Crippen LogP contribution in [0.25, 0.3) is 0 Å². The Morgan fingerprint density at radius 2 is 1.81 bits per heavy atom. The highest BCUT2D eigenvalue weighted by atomic mass is 16.4. The van der Waals surface area contributed by atoms with Gasteiger partial charge < -0.3 is 10.4 Å². The van der Waals surface area contributed by atoms with Gasteiger partial charge in [0.05, 0.1) is 0 Å². The minimum Gasteiger partial charge on any atom is -0.480 e. The minimum atomic E-state index is -1.18. The first-order chi connectivity index (χ1) is 7.22. The highest BCUT2D eigenvalue weighted by molar-refractivity contribution is 6.01. The molecule has 0 aliphatic carbocycles. The molecule has 0 heterocycles. The van der Waals surface area contributed by atoms with E-state index in [9.17, 15) is 9.59 Å². The van der Waals surface area contributed by atoms with E-state index in [2.05, 4.69) is 24.5 Å². The van der Waals surface area contributed by atoms with Crippen molar-refractivity contribution in [1.29, 1.82) is 0 Å². The number of carboxylic acid groups (broad SMARTS) is 1. The van der Waals surface area contributed by atoms with E-state index in [1.165, 1.54) is 7.05 Å². The highest BCUT2D eigenvalue weighted by Gasteiger charge is 2.27. The molecular formula is C11H22N2O3. The Labute approximate surface area is 96.6 Å². The molecular weight excluding hydrogens is 208 g/mol. The smallest absolute Gasteiger partial charge is 0.330 e. The fourth-order valence-corrected chi connectivity index (χ4v) is 0.988. The number of aliphatic carboxylic acids is 1. The third-order valence-corrected chi connectivity index (χ3v) is 3.08. The Bertz CT molecular complexity index is 262. The summed E-state index contributed by atoms with van der Waals surface area (Å²) in [5, 5.41) is 13.9. The number of carboxylic acids is 1. The van der Waals surface area contributed by atoms with Crippen LogP contribution in [0.4, 0.5) is 0 Å². The Hall–Kier alpha value is -1.10. The molecule has 3 N–H and O–H groups in total. The van der Waals surface area contributed by atoms with Crippen molar-refractivity contribution in [1.82, 2.24) is 10.6 Å². The van der Waals surface area contributed by atoms with Crippen LogP contribution in [-0.2, 0) is 9.59 Å². The summed E-state index contributed by atoms with van der Waals surface area (Å²) in [6, 6.07) is -1.18. The summed E-state index contributed by atoms with van der Waals surface area (Å²) in [6.07, 6.45) is 0. The van der Waals surface area contributed by atoms with Gasteiger partial charge >= 0.3 is 5.97 Å². The molecule has 1 atom stereocenters. The second-order valence-electron chi connectivity index (χ2n) is 4.92. The number of amides is 1. The molecule has 0 rings (SSSR count). The van der Waals surface area contributed by atoms with Gasteiger partial charge in [0.25, 0.3) is 0 Å². The molecule has 0 bridgehead atoms.